The van der Waals surface area contributed by atoms with Crippen molar-refractivity contribution in [3.8, 4) is 0 Å². The number of nitrogen functional groups attached to an aromatic ring is 1. The van der Waals surface area contributed by atoms with Crippen molar-refractivity contribution in [2.24, 2.45) is 5.10 Å². The van der Waals surface area contributed by atoms with Gasteiger partial charge in [-0.3, -0.25) is 9.59 Å². The van der Waals surface area contributed by atoms with Gasteiger partial charge in [0.1, 0.15) is 0 Å². The van der Waals surface area contributed by atoms with Gasteiger partial charge in [-0.15, -0.1) is 5.10 Å². The Kier molecular flexibility index (Phi) is 4.41. The molecular weight excluding hydrogens is 294 g/mol. The summed E-state index contributed by atoms with van der Waals surface area (Å²) in [6.45, 7) is 5.04. The lowest BCUT2D eigenvalue weighted by Gasteiger charge is -2.10. The number of ether oxygens (including phenoxy) is 1. The molecular formula is C12H15N5O3S. The van der Waals surface area contributed by atoms with Crippen molar-refractivity contribution in [2.45, 2.75) is 26.0 Å². The average Bonchev–Trinajstić information content (AvgIpc) is 3.14. The lowest BCUT2D eigenvalue weighted by atomic mass is 10.3. The maximum absolute atomic E-state index is 11.7. The highest BCUT2D eigenvalue weighted by Gasteiger charge is 2.36. The normalized spacial score (nSPS) is 14.4. The highest BCUT2D eigenvalue weighted by Crippen LogP contribution is 2.31. The summed E-state index contributed by atoms with van der Waals surface area (Å²) in [6.07, 6.45) is 0. The van der Waals surface area contributed by atoms with Gasteiger partial charge in [0.2, 0.25) is 11.1 Å². The van der Waals surface area contributed by atoms with E-state index >= 15 is 0 Å². The van der Waals surface area contributed by atoms with Crippen molar-refractivity contribution in [1.29, 1.82) is 0 Å². The molecule has 21 heavy (non-hydrogen) atoms. The first kappa shape index (κ1) is 15.2. The third-order valence-corrected chi connectivity index (χ3v) is 3.72. The third kappa shape index (κ3) is 3.69. The van der Waals surface area contributed by atoms with Crippen molar-refractivity contribution < 1.29 is 14.3 Å². The van der Waals surface area contributed by atoms with Gasteiger partial charge in [0.05, 0.1) is 6.61 Å². The zero-order valence-electron chi connectivity index (χ0n) is 11.9. The molecule has 0 aliphatic carbocycles. The number of nitrogens with zero attached hydrogens (tertiary/aromatic N) is 4. The number of esters is 1. The Bertz CT molecular complexity index is 599. The van der Waals surface area contributed by atoms with Crippen molar-refractivity contribution in [3.63, 3.8) is 0 Å². The molecule has 0 amide bonds. The maximum Gasteiger partial charge on any atom is 0.327 e. The largest absolute Gasteiger partial charge is 0.465 e. The van der Waals surface area contributed by atoms with Crippen molar-refractivity contribution in [1.82, 2.24) is 9.97 Å². The summed E-state index contributed by atoms with van der Waals surface area (Å²) < 4.78 is 4.87. The monoisotopic (exact) mass is 309 g/mol. The third-order valence-electron chi connectivity index (χ3n) is 2.50. The fourth-order valence-electron chi connectivity index (χ4n) is 1.59. The van der Waals surface area contributed by atoms with Crippen LogP contribution in [0.25, 0.3) is 0 Å². The van der Waals surface area contributed by atoms with Gasteiger partial charge in [-0.05, 0) is 20.8 Å². The maximum atomic E-state index is 11.7. The number of ketones is 1. The van der Waals surface area contributed by atoms with Crippen LogP contribution in [0.2, 0.25) is 0 Å². The lowest BCUT2D eigenvalue weighted by molar-refractivity contribution is -0.144. The van der Waals surface area contributed by atoms with E-state index in [1.54, 1.807) is 19.9 Å². The number of aryl methyl sites for hydroxylation is 1. The predicted molar refractivity (Wildman–Crippen MR) is 79.8 cm³/mol. The van der Waals surface area contributed by atoms with Gasteiger partial charge in [-0.2, -0.15) is 9.99 Å². The summed E-state index contributed by atoms with van der Waals surface area (Å²) in [5, 5.41) is 5.18. The van der Waals surface area contributed by atoms with E-state index in [-0.39, 0.29) is 18.3 Å². The van der Waals surface area contributed by atoms with E-state index in [1.165, 1.54) is 11.9 Å². The number of hydrazone groups is 1. The van der Waals surface area contributed by atoms with Crippen LogP contribution in [-0.2, 0) is 14.3 Å². The van der Waals surface area contributed by atoms with Gasteiger partial charge in [0.25, 0.3) is 0 Å². The van der Waals surface area contributed by atoms with E-state index in [2.05, 4.69) is 15.1 Å². The second kappa shape index (κ2) is 6.08. The van der Waals surface area contributed by atoms with Crippen LogP contribution in [0.4, 0.5) is 11.8 Å². The van der Waals surface area contributed by atoms with Crippen LogP contribution >= 0.6 is 11.8 Å². The molecule has 1 aromatic heterocycles. The Morgan fingerprint density at radius 2 is 2.19 bits per heavy atom. The van der Waals surface area contributed by atoms with Crippen LogP contribution in [0.15, 0.2) is 11.2 Å². The number of carbonyl (C=O) groups excluding carboxylic acids is 2. The van der Waals surface area contributed by atoms with Gasteiger partial charge in [0.15, 0.2) is 16.9 Å². The number of hydrogen-bond acceptors (Lipinski definition) is 9. The molecule has 8 nitrogen and oxygen atoms in total. The summed E-state index contributed by atoms with van der Waals surface area (Å²) in [6, 6.07) is 1.71. The van der Waals surface area contributed by atoms with Gasteiger partial charge in [-0.25, -0.2) is 4.98 Å². The van der Waals surface area contributed by atoms with Crippen molar-refractivity contribution in [2.75, 3.05) is 17.3 Å². The van der Waals surface area contributed by atoms with Crippen LogP contribution < -0.4 is 10.7 Å². The molecule has 1 aliphatic heterocycles. The number of thioether (sulfide) groups is 1. The molecule has 0 saturated carbocycles. The predicted octanol–water partition coefficient (Wildman–Crippen LogP) is 0.712. The minimum Gasteiger partial charge on any atom is -0.465 e. The number of nitrogens with two attached hydrogens (primary N) is 1. The first-order chi connectivity index (χ1) is 9.92. The molecule has 2 heterocycles. The molecule has 112 valence electrons. The first-order valence-electron chi connectivity index (χ1n) is 6.26. The molecule has 0 fully saturated rings. The molecule has 0 radical (unpaired) electrons. The SMILES string of the molecule is CCOC(=O)C(SC1=NN1c1cc(C)nc(N)n1)C(C)=O. The topological polar surface area (TPSA) is 111 Å². The Hall–Kier alpha value is -2.16. The van der Waals surface area contributed by atoms with Gasteiger partial charge >= 0.3 is 5.97 Å². The Balaban J connectivity index is 2.03. The first-order valence-corrected chi connectivity index (χ1v) is 7.14. The number of Topliss-reactive ketones (excluding diaryl/α,β-unsaturated/α-hetero) is 1. The van der Waals surface area contributed by atoms with Crippen molar-refractivity contribution >= 4 is 40.4 Å². The molecule has 0 spiro atoms. The highest BCUT2D eigenvalue weighted by atomic mass is 32.2. The molecule has 0 aromatic carbocycles. The molecule has 1 aromatic rings. The smallest absolute Gasteiger partial charge is 0.327 e. The van der Waals surface area contributed by atoms with E-state index in [0.29, 0.717) is 16.7 Å². The Morgan fingerprint density at radius 3 is 2.76 bits per heavy atom. The number of anilines is 2. The van der Waals surface area contributed by atoms with Crippen LogP contribution in [0.3, 0.4) is 0 Å². The molecule has 2 rings (SSSR count). The minimum atomic E-state index is -0.922. The fourth-order valence-corrected chi connectivity index (χ4v) is 2.45. The zero-order chi connectivity index (χ0) is 15.6. The zero-order valence-corrected chi connectivity index (χ0v) is 12.7. The van der Waals surface area contributed by atoms with E-state index in [0.717, 1.165) is 11.8 Å². The number of carbonyl (C=O) groups is 2. The fraction of sp³-hybridized carbons (Fsp3) is 0.417. The van der Waals surface area contributed by atoms with Crippen LogP contribution in [-0.4, -0.2) is 38.7 Å². The summed E-state index contributed by atoms with van der Waals surface area (Å²) in [7, 11) is 0. The molecule has 1 aliphatic rings. The number of rotatable bonds is 5. The standard InChI is InChI=1S/C12H15N5O3S/c1-4-20-10(19)9(7(3)18)21-12-16-17(12)8-5-6(2)14-11(13)15-8/h5,9H,4H2,1-3H3,(H2,13,14,15). The number of amidine groups is 1. The summed E-state index contributed by atoms with van der Waals surface area (Å²) in [4.78, 5) is 31.3. The average molecular weight is 309 g/mol. The second-order valence-corrected chi connectivity index (χ2v) is 5.35. The van der Waals surface area contributed by atoms with Crippen LogP contribution in [0.5, 0.6) is 0 Å². The van der Waals surface area contributed by atoms with Gasteiger partial charge in [-0.1, -0.05) is 11.8 Å². The Labute approximate surface area is 125 Å². The molecule has 2 N–H and O–H groups in total. The highest BCUT2D eigenvalue weighted by molar-refractivity contribution is 8.16. The number of hydrogen-bond donors (Lipinski definition) is 1. The van der Waals surface area contributed by atoms with E-state index < -0.39 is 11.2 Å². The molecule has 0 saturated heterocycles. The summed E-state index contributed by atoms with van der Waals surface area (Å²) in [5.41, 5.74) is 6.28. The lowest BCUT2D eigenvalue weighted by Crippen LogP contribution is -2.28. The molecule has 1 unspecified atom stereocenters. The van der Waals surface area contributed by atoms with Crippen LogP contribution in [0, 0.1) is 6.92 Å². The van der Waals surface area contributed by atoms with E-state index in [4.69, 9.17) is 10.5 Å². The number of aromatic nitrogens is 2. The van der Waals surface area contributed by atoms with Gasteiger partial charge in [0, 0.05) is 11.8 Å². The van der Waals surface area contributed by atoms with Gasteiger partial charge < -0.3 is 10.5 Å². The summed E-state index contributed by atoms with van der Waals surface area (Å²) in [5.74, 6) is -0.201. The quantitative estimate of drug-likeness (QED) is 0.625. The molecule has 9 heteroatoms. The summed E-state index contributed by atoms with van der Waals surface area (Å²) >= 11 is 1.03. The van der Waals surface area contributed by atoms with E-state index in [1.807, 2.05) is 0 Å². The van der Waals surface area contributed by atoms with E-state index in [9.17, 15) is 9.59 Å². The Morgan fingerprint density at radius 1 is 1.48 bits per heavy atom. The van der Waals surface area contributed by atoms with Crippen LogP contribution in [0.1, 0.15) is 19.5 Å². The minimum absolute atomic E-state index is 0.143. The molecule has 0 bridgehead atoms. The molecule has 1 atom stereocenters. The van der Waals surface area contributed by atoms with Crippen molar-refractivity contribution in [3.05, 3.63) is 11.8 Å². The second-order valence-electron chi connectivity index (χ2n) is 4.28.